The topological polar surface area (TPSA) is 62.5 Å². The number of aliphatic hydroxyl groups is 1. The number of aromatic nitrogens is 3. The predicted molar refractivity (Wildman–Crippen MR) is 109 cm³/mol. The summed E-state index contributed by atoms with van der Waals surface area (Å²) in [4.78, 5) is 4.28. The van der Waals surface area contributed by atoms with Crippen LogP contribution in [0.25, 0.3) is 16.9 Å². The maximum atomic E-state index is 13.1. The zero-order valence-corrected chi connectivity index (χ0v) is 16.9. The number of rotatable bonds is 4. The Hall–Kier alpha value is -2.61. The standard InChI is InChI=1S/C22H25F3N4O/c1-21(2,30)15-6-8-17(9-7-15)27-19-10-11-20-26-13-18(29(20)28-19)14-4-3-5-16(12-14)22(23,24)25/h3-5,10-13,15,17,30H,6-9H2,1-2H3,(H,27,28). The summed E-state index contributed by atoms with van der Waals surface area (Å²) in [5.41, 5.74) is 0.114. The number of halogens is 3. The molecular weight excluding hydrogens is 393 g/mol. The highest BCUT2D eigenvalue weighted by Gasteiger charge is 2.32. The van der Waals surface area contributed by atoms with E-state index in [2.05, 4.69) is 15.4 Å². The molecule has 1 aliphatic carbocycles. The van der Waals surface area contributed by atoms with Crippen LogP contribution < -0.4 is 5.32 Å². The molecular formula is C22H25F3N4O. The van der Waals surface area contributed by atoms with Gasteiger partial charge in [-0.3, -0.25) is 0 Å². The van der Waals surface area contributed by atoms with Crippen molar-refractivity contribution in [1.82, 2.24) is 14.6 Å². The van der Waals surface area contributed by atoms with Crippen LogP contribution >= 0.6 is 0 Å². The maximum absolute atomic E-state index is 13.1. The fourth-order valence-corrected chi connectivity index (χ4v) is 4.16. The zero-order chi connectivity index (χ0) is 21.5. The Morgan fingerprint density at radius 1 is 1.07 bits per heavy atom. The highest BCUT2D eigenvalue weighted by molar-refractivity contribution is 5.64. The van der Waals surface area contributed by atoms with Crippen molar-refractivity contribution >= 4 is 11.5 Å². The molecule has 8 heteroatoms. The highest BCUT2D eigenvalue weighted by Crippen LogP contribution is 2.34. The number of fused-ring (bicyclic) bond motifs is 1. The van der Waals surface area contributed by atoms with Crippen molar-refractivity contribution < 1.29 is 18.3 Å². The van der Waals surface area contributed by atoms with Crippen molar-refractivity contribution in [2.45, 2.75) is 57.3 Å². The van der Waals surface area contributed by atoms with Gasteiger partial charge in [0.25, 0.3) is 0 Å². The molecule has 1 aliphatic rings. The molecule has 0 atom stereocenters. The van der Waals surface area contributed by atoms with Crippen LogP contribution in [0.3, 0.4) is 0 Å². The van der Waals surface area contributed by atoms with E-state index in [0.29, 0.717) is 22.7 Å². The largest absolute Gasteiger partial charge is 0.416 e. The van der Waals surface area contributed by atoms with Crippen LogP contribution in [0, 0.1) is 5.92 Å². The predicted octanol–water partition coefficient (Wildman–Crippen LogP) is 5.16. The molecule has 1 saturated carbocycles. The number of nitrogens with zero attached hydrogens (tertiary/aromatic N) is 3. The SMILES string of the molecule is CC(C)(O)C1CCC(Nc2ccc3ncc(-c4cccc(C(F)(F)F)c4)n3n2)CC1. The molecule has 0 bridgehead atoms. The Labute approximate surface area is 172 Å². The molecule has 4 rings (SSSR count). The van der Waals surface area contributed by atoms with Crippen LogP contribution in [0.1, 0.15) is 45.1 Å². The van der Waals surface area contributed by atoms with Gasteiger partial charge in [0.2, 0.25) is 0 Å². The molecule has 0 unspecified atom stereocenters. The molecule has 2 N–H and O–H groups in total. The van der Waals surface area contributed by atoms with E-state index in [9.17, 15) is 18.3 Å². The smallest absolute Gasteiger partial charge is 0.390 e. The summed E-state index contributed by atoms with van der Waals surface area (Å²) in [7, 11) is 0. The molecule has 0 radical (unpaired) electrons. The van der Waals surface area contributed by atoms with Crippen LogP contribution in [-0.4, -0.2) is 31.3 Å². The van der Waals surface area contributed by atoms with Gasteiger partial charge < -0.3 is 10.4 Å². The quantitative estimate of drug-likeness (QED) is 0.615. The summed E-state index contributed by atoms with van der Waals surface area (Å²) in [6, 6.07) is 9.06. The first kappa shape index (κ1) is 20.7. The van der Waals surface area contributed by atoms with E-state index in [0.717, 1.165) is 37.8 Å². The number of imidazole rings is 1. The van der Waals surface area contributed by atoms with Crippen LogP contribution in [0.4, 0.5) is 19.0 Å². The fraction of sp³-hybridized carbons (Fsp3) is 0.455. The summed E-state index contributed by atoms with van der Waals surface area (Å²) in [5, 5.41) is 18.2. The van der Waals surface area contributed by atoms with Crippen molar-refractivity contribution in [3.05, 3.63) is 48.2 Å². The van der Waals surface area contributed by atoms with Gasteiger partial charge in [-0.2, -0.15) is 13.2 Å². The Balaban J connectivity index is 1.56. The minimum absolute atomic E-state index is 0.245. The average molecular weight is 418 g/mol. The van der Waals surface area contributed by atoms with E-state index in [1.54, 1.807) is 16.6 Å². The van der Waals surface area contributed by atoms with Crippen LogP contribution in [-0.2, 0) is 6.18 Å². The summed E-state index contributed by atoms with van der Waals surface area (Å²) in [5.74, 6) is 0.938. The van der Waals surface area contributed by atoms with E-state index in [1.807, 2.05) is 19.9 Å². The highest BCUT2D eigenvalue weighted by atomic mass is 19.4. The molecule has 0 amide bonds. The number of nitrogens with one attached hydrogen (secondary N) is 1. The molecule has 2 aromatic heterocycles. The molecule has 160 valence electrons. The first-order valence-corrected chi connectivity index (χ1v) is 10.1. The van der Waals surface area contributed by atoms with Crippen molar-refractivity contribution in [2.75, 3.05) is 5.32 Å². The van der Waals surface area contributed by atoms with Crippen molar-refractivity contribution in [2.24, 2.45) is 5.92 Å². The Bertz CT molecular complexity index is 1030. The van der Waals surface area contributed by atoms with E-state index in [1.165, 1.54) is 12.3 Å². The molecule has 0 saturated heterocycles. The number of hydrogen-bond acceptors (Lipinski definition) is 4. The third-order valence-electron chi connectivity index (χ3n) is 5.93. The van der Waals surface area contributed by atoms with E-state index in [4.69, 9.17) is 0 Å². The number of alkyl halides is 3. The minimum Gasteiger partial charge on any atom is -0.390 e. The van der Waals surface area contributed by atoms with Gasteiger partial charge in [0.05, 0.1) is 23.1 Å². The van der Waals surface area contributed by atoms with Gasteiger partial charge >= 0.3 is 6.18 Å². The second-order valence-corrected chi connectivity index (χ2v) is 8.56. The molecule has 30 heavy (non-hydrogen) atoms. The third kappa shape index (κ3) is 4.28. The van der Waals surface area contributed by atoms with Crippen LogP contribution in [0.15, 0.2) is 42.6 Å². The summed E-state index contributed by atoms with van der Waals surface area (Å²) >= 11 is 0. The molecule has 1 fully saturated rings. The van der Waals surface area contributed by atoms with Gasteiger partial charge in [0.15, 0.2) is 5.65 Å². The first-order chi connectivity index (χ1) is 14.1. The second kappa shape index (κ2) is 7.58. The number of benzene rings is 1. The number of anilines is 1. The summed E-state index contributed by atoms with van der Waals surface area (Å²) < 4.78 is 40.8. The van der Waals surface area contributed by atoms with E-state index < -0.39 is 17.3 Å². The zero-order valence-electron chi connectivity index (χ0n) is 16.9. The number of hydrogen-bond donors (Lipinski definition) is 2. The van der Waals surface area contributed by atoms with Crippen molar-refractivity contribution in [1.29, 1.82) is 0 Å². The first-order valence-electron chi connectivity index (χ1n) is 10.1. The molecule has 5 nitrogen and oxygen atoms in total. The van der Waals surface area contributed by atoms with Gasteiger partial charge in [-0.15, -0.1) is 5.10 Å². The monoisotopic (exact) mass is 418 g/mol. The van der Waals surface area contributed by atoms with Crippen LogP contribution in [0.2, 0.25) is 0 Å². The van der Waals surface area contributed by atoms with Gasteiger partial charge in [-0.25, -0.2) is 9.50 Å². The van der Waals surface area contributed by atoms with Gasteiger partial charge in [-0.05, 0) is 69.7 Å². The fourth-order valence-electron chi connectivity index (χ4n) is 4.16. The normalized spacial score (nSPS) is 20.5. The Kier molecular flexibility index (Phi) is 5.22. The summed E-state index contributed by atoms with van der Waals surface area (Å²) in [6.45, 7) is 3.71. The lowest BCUT2D eigenvalue weighted by molar-refractivity contribution is -0.137. The van der Waals surface area contributed by atoms with Crippen LogP contribution in [0.5, 0.6) is 0 Å². The molecule has 0 spiro atoms. The molecule has 2 heterocycles. The van der Waals surface area contributed by atoms with Crippen molar-refractivity contribution in [3.63, 3.8) is 0 Å². The second-order valence-electron chi connectivity index (χ2n) is 8.56. The van der Waals surface area contributed by atoms with E-state index >= 15 is 0 Å². The molecule has 1 aromatic carbocycles. The molecule has 0 aliphatic heterocycles. The third-order valence-corrected chi connectivity index (χ3v) is 5.93. The van der Waals surface area contributed by atoms with Gasteiger partial charge in [0, 0.05) is 11.6 Å². The average Bonchev–Trinajstić information content (AvgIpc) is 3.10. The Morgan fingerprint density at radius 3 is 2.47 bits per heavy atom. The lowest BCUT2D eigenvalue weighted by Gasteiger charge is -2.36. The lowest BCUT2D eigenvalue weighted by atomic mass is 9.77. The van der Waals surface area contributed by atoms with Gasteiger partial charge in [0.1, 0.15) is 5.82 Å². The maximum Gasteiger partial charge on any atom is 0.416 e. The van der Waals surface area contributed by atoms with E-state index in [-0.39, 0.29) is 12.0 Å². The Morgan fingerprint density at radius 2 is 1.80 bits per heavy atom. The van der Waals surface area contributed by atoms with Crippen molar-refractivity contribution in [3.8, 4) is 11.3 Å². The van der Waals surface area contributed by atoms with Gasteiger partial charge in [-0.1, -0.05) is 12.1 Å². The summed E-state index contributed by atoms with van der Waals surface area (Å²) in [6.07, 6.45) is 0.861. The molecule has 3 aromatic rings. The minimum atomic E-state index is -4.40. The lowest BCUT2D eigenvalue weighted by Crippen LogP contribution is -2.37.